The molecule has 0 bridgehead atoms. The molecule has 1 aliphatic heterocycles. The first-order chi connectivity index (χ1) is 9.99. The molecule has 0 unspecified atom stereocenters. The maximum absolute atomic E-state index is 12.5. The molecule has 1 saturated carbocycles. The molecule has 0 aromatic heterocycles. The molecule has 1 N–H and O–H groups in total. The first kappa shape index (κ1) is 13.8. The summed E-state index contributed by atoms with van der Waals surface area (Å²) in [6.45, 7) is 2.11. The fourth-order valence-corrected chi connectivity index (χ4v) is 3.40. The van der Waals surface area contributed by atoms with Crippen molar-refractivity contribution >= 4 is 23.5 Å². The Hall–Kier alpha value is -2.17. The number of anilines is 1. The Morgan fingerprint density at radius 1 is 1.10 bits per heavy atom. The van der Waals surface area contributed by atoms with Crippen LogP contribution in [0.15, 0.2) is 24.3 Å². The molecule has 3 rings (SSSR count). The summed E-state index contributed by atoms with van der Waals surface area (Å²) in [5.74, 6) is -1.24. The molecule has 2 amide bonds. The number of carbonyl (C=O) groups excluding carboxylic acids is 2. The number of hydrogen-bond donors (Lipinski definition) is 1. The lowest BCUT2D eigenvalue weighted by Gasteiger charge is -2.25. The van der Waals surface area contributed by atoms with Gasteiger partial charge in [0.2, 0.25) is 11.8 Å². The summed E-state index contributed by atoms with van der Waals surface area (Å²) in [7, 11) is 0. The lowest BCUT2D eigenvalue weighted by molar-refractivity contribution is -0.122. The van der Waals surface area contributed by atoms with Gasteiger partial charge in [0.25, 0.3) is 0 Å². The number of rotatable bonds is 2. The van der Waals surface area contributed by atoms with E-state index < -0.39 is 5.97 Å². The van der Waals surface area contributed by atoms with Gasteiger partial charge in [-0.15, -0.1) is 0 Å². The number of hydrogen-bond acceptors (Lipinski definition) is 3. The minimum atomic E-state index is -1.02. The summed E-state index contributed by atoms with van der Waals surface area (Å²) in [5, 5.41) is 8.90. The number of carboxylic acids is 1. The highest BCUT2D eigenvalue weighted by atomic mass is 16.4. The highest BCUT2D eigenvalue weighted by Gasteiger charge is 2.49. The van der Waals surface area contributed by atoms with Crippen molar-refractivity contribution in [3.63, 3.8) is 0 Å². The molecule has 2 fully saturated rings. The van der Waals surface area contributed by atoms with Crippen molar-refractivity contribution in [3.05, 3.63) is 29.8 Å². The van der Waals surface area contributed by atoms with Crippen LogP contribution in [-0.4, -0.2) is 22.9 Å². The van der Waals surface area contributed by atoms with Crippen molar-refractivity contribution in [1.82, 2.24) is 0 Å². The van der Waals surface area contributed by atoms with Crippen LogP contribution in [0.5, 0.6) is 0 Å². The van der Waals surface area contributed by atoms with Gasteiger partial charge in [0.15, 0.2) is 0 Å². The minimum absolute atomic E-state index is 0.139. The highest BCUT2D eigenvalue weighted by Crippen LogP contribution is 2.42. The normalized spacial score (nSPS) is 28.6. The van der Waals surface area contributed by atoms with Crippen molar-refractivity contribution in [2.24, 2.45) is 17.8 Å². The number of carbonyl (C=O) groups is 3. The van der Waals surface area contributed by atoms with Crippen molar-refractivity contribution in [2.75, 3.05) is 4.90 Å². The summed E-state index contributed by atoms with van der Waals surface area (Å²) in [6, 6.07) is 5.89. The number of fused-ring (bicyclic) bond motifs is 1. The van der Waals surface area contributed by atoms with Crippen LogP contribution in [0.2, 0.25) is 0 Å². The molecule has 5 heteroatoms. The first-order valence-corrected chi connectivity index (χ1v) is 7.20. The maximum atomic E-state index is 12.5. The van der Waals surface area contributed by atoms with E-state index in [0.717, 1.165) is 19.3 Å². The molecule has 21 heavy (non-hydrogen) atoms. The predicted octanol–water partition coefficient (Wildman–Crippen LogP) is 2.31. The maximum Gasteiger partial charge on any atom is 0.335 e. The highest BCUT2D eigenvalue weighted by molar-refractivity contribution is 6.22. The van der Waals surface area contributed by atoms with Gasteiger partial charge in [0.1, 0.15) is 0 Å². The van der Waals surface area contributed by atoms with E-state index in [0.29, 0.717) is 11.6 Å². The summed E-state index contributed by atoms with van der Waals surface area (Å²) in [6.07, 6.45) is 2.51. The van der Waals surface area contributed by atoms with Gasteiger partial charge >= 0.3 is 5.97 Å². The molecule has 2 aliphatic rings. The molecule has 110 valence electrons. The number of nitrogens with zero attached hydrogens (tertiary/aromatic N) is 1. The monoisotopic (exact) mass is 287 g/mol. The van der Waals surface area contributed by atoms with E-state index in [4.69, 9.17) is 5.11 Å². The zero-order chi connectivity index (χ0) is 15.1. The minimum Gasteiger partial charge on any atom is -0.478 e. The molecule has 1 aromatic carbocycles. The second-order valence-electron chi connectivity index (χ2n) is 6.00. The molecule has 3 atom stereocenters. The second-order valence-corrected chi connectivity index (χ2v) is 6.00. The van der Waals surface area contributed by atoms with Crippen molar-refractivity contribution in [2.45, 2.75) is 26.2 Å². The average molecular weight is 287 g/mol. The number of aromatic carboxylic acids is 1. The standard InChI is InChI=1S/C16H17NO4/c1-9-2-7-12-13(8-9)15(19)17(14(12)18)11-5-3-10(4-6-11)16(20)21/h3-6,9,12-13H,2,7-8H2,1H3,(H,20,21)/t9-,12+,13+/m0/s1. The van der Waals surface area contributed by atoms with Gasteiger partial charge in [0.05, 0.1) is 23.1 Å². The lowest BCUT2D eigenvalue weighted by atomic mass is 9.76. The van der Waals surface area contributed by atoms with Crippen LogP contribution in [0.1, 0.15) is 36.5 Å². The molecular weight excluding hydrogens is 270 g/mol. The Morgan fingerprint density at radius 3 is 2.33 bits per heavy atom. The number of amides is 2. The topological polar surface area (TPSA) is 74.7 Å². The van der Waals surface area contributed by atoms with Gasteiger partial charge in [-0.3, -0.25) is 14.5 Å². The van der Waals surface area contributed by atoms with Crippen LogP contribution in [0.3, 0.4) is 0 Å². The van der Waals surface area contributed by atoms with E-state index in [-0.39, 0.29) is 29.2 Å². The van der Waals surface area contributed by atoms with Crippen LogP contribution in [-0.2, 0) is 9.59 Å². The molecule has 5 nitrogen and oxygen atoms in total. The van der Waals surface area contributed by atoms with E-state index >= 15 is 0 Å². The summed E-state index contributed by atoms with van der Waals surface area (Å²) in [4.78, 5) is 37.1. The number of imide groups is 1. The Kier molecular flexibility index (Phi) is 3.27. The summed E-state index contributed by atoms with van der Waals surface area (Å²) < 4.78 is 0. The third kappa shape index (κ3) is 2.22. The largest absolute Gasteiger partial charge is 0.478 e. The van der Waals surface area contributed by atoms with Gasteiger partial charge in [0, 0.05) is 0 Å². The van der Waals surface area contributed by atoms with Gasteiger partial charge < -0.3 is 5.11 Å². The second kappa shape index (κ2) is 4.98. The molecule has 0 radical (unpaired) electrons. The number of benzene rings is 1. The van der Waals surface area contributed by atoms with Crippen LogP contribution in [0.25, 0.3) is 0 Å². The van der Waals surface area contributed by atoms with Crippen LogP contribution in [0, 0.1) is 17.8 Å². The van der Waals surface area contributed by atoms with Crippen molar-refractivity contribution in [1.29, 1.82) is 0 Å². The van der Waals surface area contributed by atoms with Gasteiger partial charge in [-0.05, 0) is 49.4 Å². The zero-order valence-electron chi connectivity index (χ0n) is 11.8. The quantitative estimate of drug-likeness (QED) is 0.847. The van der Waals surface area contributed by atoms with E-state index in [9.17, 15) is 14.4 Å². The summed E-state index contributed by atoms with van der Waals surface area (Å²) in [5.41, 5.74) is 0.612. The molecule has 1 saturated heterocycles. The SMILES string of the molecule is C[C@H]1CC[C@H]2C(=O)N(c3ccc(C(=O)O)cc3)C(=O)[C@@H]2C1. The lowest BCUT2D eigenvalue weighted by Crippen LogP contribution is -2.30. The van der Waals surface area contributed by atoms with E-state index in [1.54, 1.807) is 0 Å². The van der Waals surface area contributed by atoms with E-state index in [2.05, 4.69) is 6.92 Å². The average Bonchev–Trinajstić information content (AvgIpc) is 2.70. The zero-order valence-corrected chi connectivity index (χ0v) is 11.8. The van der Waals surface area contributed by atoms with Gasteiger partial charge in [-0.25, -0.2) is 4.79 Å². The summed E-state index contributed by atoms with van der Waals surface area (Å²) >= 11 is 0. The third-order valence-electron chi connectivity index (χ3n) is 4.56. The Balaban J connectivity index is 1.90. The Bertz CT molecular complexity index is 607. The molecule has 1 aliphatic carbocycles. The fraction of sp³-hybridized carbons (Fsp3) is 0.438. The molecule has 1 aromatic rings. The number of carboxylic acid groups (broad SMARTS) is 1. The van der Waals surface area contributed by atoms with Crippen LogP contribution in [0.4, 0.5) is 5.69 Å². The van der Waals surface area contributed by atoms with Gasteiger partial charge in [-0.1, -0.05) is 6.92 Å². The molecule has 0 spiro atoms. The fourth-order valence-electron chi connectivity index (χ4n) is 3.40. The smallest absolute Gasteiger partial charge is 0.335 e. The van der Waals surface area contributed by atoms with Crippen LogP contribution >= 0.6 is 0 Å². The third-order valence-corrected chi connectivity index (χ3v) is 4.56. The predicted molar refractivity (Wildman–Crippen MR) is 75.9 cm³/mol. The van der Waals surface area contributed by atoms with E-state index in [1.165, 1.54) is 29.2 Å². The van der Waals surface area contributed by atoms with Crippen molar-refractivity contribution < 1.29 is 19.5 Å². The first-order valence-electron chi connectivity index (χ1n) is 7.20. The molecular formula is C16H17NO4. The molecule has 1 heterocycles. The van der Waals surface area contributed by atoms with E-state index in [1.807, 2.05) is 0 Å². The van der Waals surface area contributed by atoms with Gasteiger partial charge in [-0.2, -0.15) is 0 Å². The Morgan fingerprint density at radius 2 is 1.71 bits per heavy atom. The van der Waals surface area contributed by atoms with Crippen LogP contribution < -0.4 is 4.90 Å². The van der Waals surface area contributed by atoms with Crippen molar-refractivity contribution in [3.8, 4) is 0 Å². The Labute approximate surface area is 122 Å².